The van der Waals surface area contributed by atoms with Crippen molar-refractivity contribution in [3.8, 4) is 0 Å². The number of hydrogen-bond donors (Lipinski definition) is 3. The van der Waals surface area contributed by atoms with Crippen LogP contribution in [0.4, 0.5) is 5.82 Å². The van der Waals surface area contributed by atoms with E-state index < -0.39 is 0 Å². The molecule has 2 aromatic rings. The highest BCUT2D eigenvalue weighted by molar-refractivity contribution is 6.31. The molecule has 0 atom stereocenters. The van der Waals surface area contributed by atoms with Crippen LogP contribution in [0.2, 0.25) is 5.02 Å². The molecule has 0 spiro atoms. The third-order valence-corrected chi connectivity index (χ3v) is 3.80. The van der Waals surface area contributed by atoms with E-state index in [1.165, 1.54) is 0 Å². The highest BCUT2D eigenvalue weighted by Crippen LogP contribution is 2.14. The van der Waals surface area contributed by atoms with Gasteiger partial charge in [0, 0.05) is 37.3 Å². The van der Waals surface area contributed by atoms with Gasteiger partial charge >= 0.3 is 0 Å². The Labute approximate surface area is 152 Å². The minimum Gasteiger partial charge on any atom is -0.356 e. The van der Waals surface area contributed by atoms with E-state index in [9.17, 15) is 4.79 Å². The van der Waals surface area contributed by atoms with Gasteiger partial charge in [0.25, 0.3) is 0 Å². The molecule has 132 valence electrons. The molecule has 6 nitrogen and oxygen atoms in total. The van der Waals surface area contributed by atoms with E-state index in [0.717, 1.165) is 11.3 Å². The number of anilines is 1. The number of rotatable bonds is 6. The van der Waals surface area contributed by atoms with Gasteiger partial charge in [-0.3, -0.25) is 9.79 Å². The molecule has 2 rings (SSSR count). The molecule has 0 aliphatic carbocycles. The number of aryl methyl sites for hydroxylation is 1. The van der Waals surface area contributed by atoms with Gasteiger partial charge in [-0.05, 0) is 30.7 Å². The van der Waals surface area contributed by atoms with Crippen molar-refractivity contribution in [1.82, 2.24) is 15.6 Å². The van der Waals surface area contributed by atoms with E-state index in [1.54, 1.807) is 13.1 Å². The fourth-order valence-corrected chi connectivity index (χ4v) is 2.36. The number of nitrogens with zero attached hydrogens (tertiary/aromatic N) is 2. The van der Waals surface area contributed by atoms with Crippen molar-refractivity contribution in [2.45, 2.75) is 19.9 Å². The number of guanidine groups is 1. The summed E-state index contributed by atoms with van der Waals surface area (Å²) in [5, 5.41) is 9.75. The van der Waals surface area contributed by atoms with Crippen molar-refractivity contribution in [1.29, 1.82) is 0 Å². The van der Waals surface area contributed by atoms with Gasteiger partial charge in [0.1, 0.15) is 5.82 Å². The average Bonchev–Trinajstić information content (AvgIpc) is 2.59. The van der Waals surface area contributed by atoms with Crippen molar-refractivity contribution in [2.75, 3.05) is 18.9 Å². The second-order valence-electron chi connectivity index (χ2n) is 5.41. The normalized spacial score (nSPS) is 11.1. The Morgan fingerprint density at radius 2 is 1.96 bits per heavy atom. The van der Waals surface area contributed by atoms with Gasteiger partial charge in [0.15, 0.2) is 5.96 Å². The highest BCUT2D eigenvalue weighted by Gasteiger charge is 2.05. The maximum Gasteiger partial charge on any atom is 0.227 e. The Hall–Kier alpha value is -2.60. The number of nitrogens with one attached hydrogen (secondary N) is 3. The van der Waals surface area contributed by atoms with Crippen LogP contribution in [0.3, 0.4) is 0 Å². The number of aromatic nitrogens is 1. The summed E-state index contributed by atoms with van der Waals surface area (Å²) in [6.45, 7) is 2.89. The predicted octanol–water partition coefficient (Wildman–Crippen LogP) is 2.74. The summed E-state index contributed by atoms with van der Waals surface area (Å²) in [5.74, 6) is 1.07. The summed E-state index contributed by atoms with van der Waals surface area (Å²) < 4.78 is 0. The Kier molecular flexibility index (Phi) is 7.22. The fraction of sp³-hybridized carbons (Fsp3) is 0.278. The molecule has 1 amide bonds. The average molecular weight is 360 g/mol. The summed E-state index contributed by atoms with van der Waals surface area (Å²) >= 11 is 6.13. The third kappa shape index (κ3) is 6.43. The van der Waals surface area contributed by atoms with Crippen LogP contribution < -0.4 is 16.0 Å². The van der Waals surface area contributed by atoms with E-state index >= 15 is 0 Å². The van der Waals surface area contributed by atoms with Crippen LogP contribution in [0.25, 0.3) is 0 Å². The van der Waals surface area contributed by atoms with Crippen LogP contribution in [-0.2, 0) is 11.3 Å². The summed E-state index contributed by atoms with van der Waals surface area (Å²) in [6, 6.07) is 13.1. The Morgan fingerprint density at radius 3 is 2.68 bits per heavy atom. The molecular formula is C18H22ClN5O. The number of carbonyl (C=O) groups is 1. The minimum absolute atomic E-state index is 0.104. The monoisotopic (exact) mass is 359 g/mol. The van der Waals surface area contributed by atoms with Crippen molar-refractivity contribution >= 4 is 29.3 Å². The SMILES string of the molecule is CN=C(NCCC(=O)Nc1cccc(C)n1)NCc1ccccc1Cl. The zero-order valence-electron chi connectivity index (χ0n) is 14.3. The van der Waals surface area contributed by atoms with Gasteiger partial charge in [-0.2, -0.15) is 0 Å². The largest absolute Gasteiger partial charge is 0.356 e. The first-order chi connectivity index (χ1) is 12.1. The van der Waals surface area contributed by atoms with Crippen molar-refractivity contribution in [2.24, 2.45) is 4.99 Å². The lowest BCUT2D eigenvalue weighted by Crippen LogP contribution is -2.38. The Bertz CT molecular complexity index is 748. The van der Waals surface area contributed by atoms with Gasteiger partial charge in [-0.15, -0.1) is 0 Å². The first-order valence-corrected chi connectivity index (χ1v) is 8.37. The van der Waals surface area contributed by atoms with Gasteiger partial charge in [-0.1, -0.05) is 35.9 Å². The molecule has 0 fully saturated rings. The van der Waals surface area contributed by atoms with Crippen LogP contribution in [0.15, 0.2) is 47.5 Å². The number of carbonyl (C=O) groups excluding carboxylic acids is 1. The topological polar surface area (TPSA) is 78.4 Å². The molecule has 7 heteroatoms. The van der Waals surface area contributed by atoms with E-state index in [0.29, 0.717) is 36.3 Å². The summed E-state index contributed by atoms with van der Waals surface area (Å²) in [5.41, 5.74) is 1.84. The predicted molar refractivity (Wildman–Crippen MR) is 102 cm³/mol. The van der Waals surface area contributed by atoms with Crippen molar-refractivity contribution < 1.29 is 4.79 Å². The number of amides is 1. The van der Waals surface area contributed by atoms with Gasteiger partial charge < -0.3 is 16.0 Å². The van der Waals surface area contributed by atoms with Crippen molar-refractivity contribution in [3.63, 3.8) is 0 Å². The fourth-order valence-electron chi connectivity index (χ4n) is 2.15. The molecule has 0 bridgehead atoms. The van der Waals surface area contributed by atoms with Crippen molar-refractivity contribution in [3.05, 3.63) is 58.7 Å². The lowest BCUT2D eigenvalue weighted by atomic mass is 10.2. The van der Waals surface area contributed by atoms with E-state index in [4.69, 9.17) is 11.6 Å². The van der Waals surface area contributed by atoms with Crippen LogP contribution >= 0.6 is 11.6 Å². The number of halogens is 1. The molecule has 3 N–H and O–H groups in total. The maximum absolute atomic E-state index is 11.9. The summed E-state index contributed by atoms with van der Waals surface area (Å²) in [6.07, 6.45) is 0.308. The first-order valence-electron chi connectivity index (χ1n) is 8.00. The molecule has 1 aromatic carbocycles. The summed E-state index contributed by atoms with van der Waals surface area (Å²) in [7, 11) is 1.68. The lowest BCUT2D eigenvalue weighted by Gasteiger charge is -2.12. The Balaban J connectivity index is 1.73. The number of aliphatic imine (C=N–C) groups is 1. The van der Waals surface area contributed by atoms with E-state index in [2.05, 4.69) is 25.9 Å². The molecule has 0 radical (unpaired) electrons. The number of benzene rings is 1. The van der Waals surface area contributed by atoms with Crippen LogP contribution in [0, 0.1) is 6.92 Å². The number of pyridine rings is 1. The lowest BCUT2D eigenvalue weighted by molar-refractivity contribution is -0.116. The maximum atomic E-state index is 11.9. The second-order valence-corrected chi connectivity index (χ2v) is 5.81. The third-order valence-electron chi connectivity index (χ3n) is 3.43. The molecule has 25 heavy (non-hydrogen) atoms. The van der Waals surface area contributed by atoms with Gasteiger partial charge in [-0.25, -0.2) is 4.98 Å². The van der Waals surface area contributed by atoms with Crippen LogP contribution in [0.5, 0.6) is 0 Å². The number of hydrogen-bond acceptors (Lipinski definition) is 3. The molecule has 0 saturated heterocycles. The zero-order valence-corrected chi connectivity index (χ0v) is 15.1. The minimum atomic E-state index is -0.104. The van der Waals surface area contributed by atoms with Crippen LogP contribution in [0.1, 0.15) is 17.7 Å². The van der Waals surface area contributed by atoms with Crippen LogP contribution in [-0.4, -0.2) is 30.4 Å². The first kappa shape index (κ1) is 18.7. The van der Waals surface area contributed by atoms with E-state index in [-0.39, 0.29) is 5.91 Å². The quantitative estimate of drug-likeness (QED) is 0.547. The molecule has 1 heterocycles. The molecule has 0 aliphatic heterocycles. The molecule has 0 saturated carbocycles. The highest BCUT2D eigenvalue weighted by atomic mass is 35.5. The van der Waals surface area contributed by atoms with E-state index in [1.807, 2.05) is 43.3 Å². The summed E-state index contributed by atoms with van der Waals surface area (Å²) in [4.78, 5) is 20.3. The van der Waals surface area contributed by atoms with Gasteiger partial charge in [0.05, 0.1) is 0 Å². The molecule has 0 aliphatic rings. The molecule has 0 unspecified atom stereocenters. The molecular weight excluding hydrogens is 338 g/mol. The molecule has 1 aromatic heterocycles. The smallest absolute Gasteiger partial charge is 0.227 e. The standard InChI is InChI=1S/C18H22ClN5O/c1-13-6-5-9-16(23-13)24-17(25)10-11-21-18(20-2)22-12-14-7-3-4-8-15(14)19/h3-9H,10-12H2,1-2H3,(H2,20,21,22)(H,23,24,25). The van der Waals surface area contributed by atoms with Gasteiger partial charge in [0.2, 0.25) is 5.91 Å². The second kappa shape index (κ2) is 9.64. The zero-order chi connectivity index (χ0) is 18.1. The Morgan fingerprint density at radius 1 is 1.16 bits per heavy atom.